The smallest absolute Gasteiger partial charge is 0.337 e. The van der Waals surface area contributed by atoms with Gasteiger partial charge >= 0.3 is 5.97 Å². The van der Waals surface area contributed by atoms with Crippen LogP contribution in [0.25, 0.3) is 32.5 Å². The third-order valence-electron chi connectivity index (χ3n) is 8.07. The van der Waals surface area contributed by atoms with Gasteiger partial charge in [-0.3, -0.25) is 14.3 Å². The number of carbonyl (C=O) groups excluding carboxylic acids is 2. The predicted octanol–water partition coefficient (Wildman–Crippen LogP) is 6.91. The number of esters is 1. The van der Waals surface area contributed by atoms with Crippen LogP contribution in [0.4, 0.5) is 5.82 Å². The van der Waals surface area contributed by atoms with Crippen molar-refractivity contribution >= 4 is 55.8 Å². The molecular formula is C36H30N6O3S. The minimum atomic E-state index is -0.706. The summed E-state index contributed by atoms with van der Waals surface area (Å²) in [6.45, 7) is 5.78. The Morgan fingerprint density at radius 2 is 1.78 bits per heavy atom. The van der Waals surface area contributed by atoms with Crippen LogP contribution in [0.3, 0.4) is 0 Å². The molecule has 1 unspecified atom stereocenters. The van der Waals surface area contributed by atoms with Crippen LogP contribution in [-0.2, 0) is 14.3 Å². The lowest BCUT2D eigenvalue weighted by molar-refractivity contribution is -0.138. The Morgan fingerprint density at radius 3 is 2.57 bits per heavy atom. The molecule has 6 aromatic rings. The number of benzene rings is 2. The molecule has 4 aromatic heterocycles. The first-order valence-corrected chi connectivity index (χ1v) is 15.8. The summed E-state index contributed by atoms with van der Waals surface area (Å²) in [7, 11) is 0. The molecule has 1 atom stereocenters. The van der Waals surface area contributed by atoms with Crippen molar-refractivity contribution in [3.05, 3.63) is 131 Å². The first-order valence-electron chi connectivity index (χ1n) is 14.9. The fraction of sp³-hybridized carbons (Fsp3) is 0.139. The van der Waals surface area contributed by atoms with E-state index in [9.17, 15) is 9.59 Å². The molecule has 0 aliphatic carbocycles. The maximum Gasteiger partial charge on any atom is 0.337 e. The van der Waals surface area contributed by atoms with E-state index in [0.29, 0.717) is 28.4 Å². The summed E-state index contributed by atoms with van der Waals surface area (Å²) in [6.07, 6.45) is 5.12. The highest BCUT2D eigenvalue weighted by Crippen LogP contribution is 2.45. The first kappa shape index (κ1) is 29.1. The van der Waals surface area contributed by atoms with E-state index in [4.69, 9.17) is 4.74 Å². The van der Waals surface area contributed by atoms with Crippen molar-refractivity contribution in [3.63, 3.8) is 0 Å². The average Bonchev–Trinajstić information content (AvgIpc) is 3.65. The van der Waals surface area contributed by atoms with Crippen LogP contribution in [0.1, 0.15) is 36.7 Å². The number of ether oxygens (including phenoxy) is 1. The molecule has 0 spiro atoms. The van der Waals surface area contributed by atoms with Gasteiger partial charge in [-0.25, -0.2) is 14.8 Å². The molecular weight excluding hydrogens is 597 g/mol. The first-order chi connectivity index (χ1) is 22.4. The van der Waals surface area contributed by atoms with Gasteiger partial charge in [0, 0.05) is 34.1 Å². The SMILES string of the molecule is CCOC(=O)C1=C(c2ccc(-n3c(C)nc4cnccc43)cc2)NC(C)=C(C(=O)Nc2ccccn2)C1c1csc2ccccc12. The van der Waals surface area contributed by atoms with E-state index >= 15 is 0 Å². The lowest BCUT2D eigenvalue weighted by Gasteiger charge is -2.32. The third kappa shape index (κ3) is 5.12. The number of hydrogen-bond acceptors (Lipinski definition) is 8. The standard InChI is InChI=1S/C36H30N6O3S/c1-4-45-36(44)33-32(26-20-46-29-10-6-5-9-25(26)29)31(35(43)41-30-11-7-8-17-38-30)21(2)39-34(33)23-12-14-24(15-13-23)42-22(3)40-27-19-37-18-16-28(27)42/h5-20,32,39H,4H2,1-3H3,(H,38,41,43). The van der Waals surface area contributed by atoms with Gasteiger partial charge in [0.2, 0.25) is 0 Å². The molecule has 1 aliphatic heterocycles. The monoisotopic (exact) mass is 626 g/mol. The summed E-state index contributed by atoms with van der Waals surface area (Å²) < 4.78 is 8.81. The van der Waals surface area contributed by atoms with Crippen molar-refractivity contribution in [2.45, 2.75) is 26.7 Å². The molecule has 1 aliphatic rings. The Kier molecular flexibility index (Phi) is 7.63. The Bertz CT molecular complexity index is 2180. The van der Waals surface area contributed by atoms with Crippen LogP contribution in [0.15, 0.2) is 114 Å². The number of anilines is 1. The number of nitrogens with zero attached hydrogens (tertiary/aromatic N) is 4. The molecule has 0 fully saturated rings. The molecule has 9 nitrogen and oxygen atoms in total. The van der Waals surface area contributed by atoms with E-state index in [0.717, 1.165) is 43.8 Å². The van der Waals surface area contributed by atoms with Crippen molar-refractivity contribution < 1.29 is 14.3 Å². The van der Waals surface area contributed by atoms with Crippen molar-refractivity contribution in [1.29, 1.82) is 0 Å². The average molecular weight is 627 g/mol. The highest BCUT2D eigenvalue weighted by atomic mass is 32.1. The van der Waals surface area contributed by atoms with Crippen LogP contribution in [-0.4, -0.2) is 38.0 Å². The van der Waals surface area contributed by atoms with Gasteiger partial charge < -0.3 is 15.4 Å². The third-order valence-corrected chi connectivity index (χ3v) is 9.05. The maximum absolute atomic E-state index is 14.1. The van der Waals surface area contributed by atoms with E-state index in [1.165, 1.54) is 0 Å². The number of carbonyl (C=O) groups is 2. The lowest BCUT2D eigenvalue weighted by Crippen LogP contribution is -2.34. The predicted molar refractivity (Wildman–Crippen MR) is 180 cm³/mol. The van der Waals surface area contributed by atoms with Crippen LogP contribution >= 0.6 is 11.3 Å². The molecule has 0 saturated heterocycles. The number of dihydropyridines is 1. The number of fused-ring (bicyclic) bond motifs is 2. The number of hydrogen-bond donors (Lipinski definition) is 2. The summed E-state index contributed by atoms with van der Waals surface area (Å²) in [5, 5.41) is 9.37. The van der Waals surface area contributed by atoms with Crippen LogP contribution in [0, 0.1) is 6.92 Å². The zero-order chi connectivity index (χ0) is 31.8. The van der Waals surface area contributed by atoms with Gasteiger partial charge in [-0.05, 0) is 79.1 Å². The number of amides is 1. The summed E-state index contributed by atoms with van der Waals surface area (Å²) in [5.74, 6) is -0.291. The minimum absolute atomic E-state index is 0.186. The Hall–Kier alpha value is -5.61. The fourth-order valence-corrected chi connectivity index (χ4v) is 7.08. The molecule has 46 heavy (non-hydrogen) atoms. The highest BCUT2D eigenvalue weighted by Gasteiger charge is 2.40. The van der Waals surface area contributed by atoms with Crippen molar-refractivity contribution in [1.82, 2.24) is 24.8 Å². The maximum atomic E-state index is 14.1. The Labute approximate surface area is 269 Å². The quantitative estimate of drug-likeness (QED) is 0.185. The number of rotatable bonds is 7. The zero-order valence-corrected chi connectivity index (χ0v) is 26.3. The van der Waals surface area contributed by atoms with E-state index < -0.39 is 11.9 Å². The van der Waals surface area contributed by atoms with Gasteiger partial charge in [-0.1, -0.05) is 36.4 Å². The Balaban J connectivity index is 1.39. The summed E-state index contributed by atoms with van der Waals surface area (Å²) in [5.41, 5.74) is 6.34. The molecule has 2 aromatic carbocycles. The second kappa shape index (κ2) is 12.1. The lowest BCUT2D eigenvalue weighted by atomic mass is 9.78. The molecule has 228 valence electrons. The van der Waals surface area contributed by atoms with Crippen LogP contribution in [0.5, 0.6) is 0 Å². The molecule has 1 amide bonds. The molecule has 0 saturated carbocycles. The summed E-state index contributed by atoms with van der Waals surface area (Å²) in [4.78, 5) is 41.2. The van der Waals surface area contributed by atoms with Crippen molar-refractivity contribution in [2.24, 2.45) is 0 Å². The van der Waals surface area contributed by atoms with Gasteiger partial charge in [0.25, 0.3) is 5.91 Å². The second-order valence-corrected chi connectivity index (χ2v) is 11.8. The molecule has 0 bridgehead atoms. The molecule has 2 N–H and O–H groups in total. The minimum Gasteiger partial charge on any atom is -0.463 e. The number of thiophene rings is 1. The number of allylic oxidation sites excluding steroid dienone is 1. The molecule has 5 heterocycles. The number of pyridine rings is 2. The number of aryl methyl sites for hydroxylation is 1. The molecule has 10 heteroatoms. The molecule has 7 rings (SSSR count). The largest absolute Gasteiger partial charge is 0.463 e. The topological polar surface area (TPSA) is 111 Å². The van der Waals surface area contributed by atoms with Crippen molar-refractivity contribution in [3.8, 4) is 5.69 Å². The van der Waals surface area contributed by atoms with Crippen molar-refractivity contribution in [2.75, 3.05) is 11.9 Å². The van der Waals surface area contributed by atoms with E-state index in [-0.39, 0.29) is 12.5 Å². The van der Waals surface area contributed by atoms with Crippen LogP contribution in [0.2, 0.25) is 0 Å². The fourth-order valence-electron chi connectivity index (χ4n) is 6.09. The van der Waals surface area contributed by atoms with Gasteiger partial charge in [-0.2, -0.15) is 0 Å². The van der Waals surface area contributed by atoms with Gasteiger partial charge in [0.15, 0.2) is 0 Å². The van der Waals surface area contributed by atoms with Gasteiger partial charge in [0.1, 0.15) is 17.2 Å². The summed E-state index contributed by atoms with van der Waals surface area (Å²) in [6, 6.07) is 23.2. The molecule has 0 radical (unpaired) electrons. The second-order valence-electron chi connectivity index (χ2n) is 10.9. The zero-order valence-electron chi connectivity index (χ0n) is 25.4. The highest BCUT2D eigenvalue weighted by molar-refractivity contribution is 7.17. The van der Waals surface area contributed by atoms with E-state index in [1.54, 1.807) is 49.0 Å². The Morgan fingerprint density at radius 1 is 0.978 bits per heavy atom. The number of imidazole rings is 1. The van der Waals surface area contributed by atoms with E-state index in [1.807, 2.05) is 79.9 Å². The van der Waals surface area contributed by atoms with Gasteiger partial charge in [0.05, 0.1) is 35.5 Å². The van der Waals surface area contributed by atoms with Crippen LogP contribution < -0.4 is 10.6 Å². The number of nitrogens with one attached hydrogen (secondary N) is 2. The normalized spacial score (nSPS) is 14.9. The number of aromatic nitrogens is 4. The van der Waals surface area contributed by atoms with Gasteiger partial charge in [-0.15, -0.1) is 11.3 Å². The van der Waals surface area contributed by atoms with E-state index in [2.05, 4.69) is 30.2 Å². The summed E-state index contributed by atoms with van der Waals surface area (Å²) >= 11 is 1.58.